The van der Waals surface area contributed by atoms with Gasteiger partial charge in [-0.05, 0) is 35.8 Å². The Balaban J connectivity index is 2.49. The number of halogens is 1. The maximum atomic E-state index is 11.7. The van der Waals surface area contributed by atoms with E-state index in [2.05, 4.69) is 21.2 Å². The second kappa shape index (κ2) is 3.66. The second-order valence-corrected chi connectivity index (χ2v) is 4.90. The van der Waals surface area contributed by atoms with Crippen molar-refractivity contribution in [3.8, 4) is 11.5 Å². The van der Waals surface area contributed by atoms with Gasteiger partial charge < -0.3 is 14.8 Å². The molecule has 0 unspecified atom stereocenters. The Morgan fingerprint density at radius 1 is 1.44 bits per heavy atom. The highest BCUT2D eigenvalue weighted by atomic mass is 79.9. The van der Waals surface area contributed by atoms with Crippen molar-refractivity contribution in [2.24, 2.45) is 0 Å². The van der Waals surface area contributed by atoms with Crippen LogP contribution < -0.4 is 14.8 Å². The number of benzene rings is 1. The predicted octanol–water partition coefficient (Wildman–Crippen LogP) is 2.57. The van der Waals surface area contributed by atoms with Crippen molar-refractivity contribution in [1.82, 2.24) is 0 Å². The quantitative estimate of drug-likeness (QED) is 0.863. The van der Waals surface area contributed by atoms with Crippen molar-refractivity contribution in [3.05, 3.63) is 16.6 Å². The van der Waals surface area contributed by atoms with Crippen molar-refractivity contribution >= 4 is 27.5 Å². The van der Waals surface area contributed by atoms with Crippen LogP contribution in [0.5, 0.6) is 11.5 Å². The van der Waals surface area contributed by atoms with Gasteiger partial charge in [0.25, 0.3) is 5.91 Å². The summed E-state index contributed by atoms with van der Waals surface area (Å²) in [5.74, 6) is 1.13. The third-order valence-corrected chi connectivity index (χ3v) is 3.03. The molecule has 0 atom stereocenters. The number of carbonyl (C=O) groups is 1. The standard InChI is InChI=1S/C11H12BrNO3/c1-11(2)10(14)13-7-4-6(12)8(15-3)5-9(7)16-11/h4-5H,1-3H3,(H,13,14). The zero-order valence-corrected chi connectivity index (χ0v) is 10.8. The highest BCUT2D eigenvalue weighted by molar-refractivity contribution is 9.10. The lowest BCUT2D eigenvalue weighted by Gasteiger charge is -2.31. The number of nitrogens with one attached hydrogen (secondary N) is 1. The first-order valence-electron chi connectivity index (χ1n) is 4.82. The van der Waals surface area contributed by atoms with Crippen LogP contribution in [0.3, 0.4) is 0 Å². The van der Waals surface area contributed by atoms with Gasteiger partial charge in [0.05, 0.1) is 17.3 Å². The maximum absolute atomic E-state index is 11.7. The fourth-order valence-electron chi connectivity index (χ4n) is 1.47. The Hall–Kier alpha value is -1.23. The van der Waals surface area contributed by atoms with Gasteiger partial charge in [-0.25, -0.2) is 0 Å². The summed E-state index contributed by atoms with van der Waals surface area (Å²) in [6, 6.07) is 3.52. The number of anilines is 1. The molecule has 16 heavy (non-hydrogen) atoms. The number of amides is 1. The molecule has 1 amide bonds. The number of fused-ring (bicyclic) bond motifs is 1. The average Bonchev–Trinajstić information content (AvgIpc) is 2.20. The highest BCUT2D eigenvalue weighted by Crippen LogP contribution is 2.40. The SMILES string of the molecule is COc1cc2c(cc1Br)NC(=O)C(C)(C)O2. The normalized spacial score (nSPS) is 17.1. The Morgan fingerprint density at radius 2 is 2.12 bits per heavy atom. The molecule has 1 heterocycles. The summed E-state index contributed by atoms with van der Waals surface area (Å²) in [5.41, 5.74) is -0.205. The van der Waals surface area contributed by atoms with Crippen molar-refractivity contribution in [2.45, 2.75) is 19.4 Å². The Morgan fingerprint density at radius 3 is 2.75 bits per heavy atom. The number of rotatable bonds is 1. The molecule has 1 aromatic rings. The first-order valence-corrected chi connectivity index (χ1v) is 5.61. The predicted molar refractivity (Wildman–Crippen MR) is 64.0 cm³/mol. The Labute approximate surface area is 102 Å². The molecule has 0 bridgehead atoms. The molecular formula is C11H12BrNO3. The average molecular weight is 286 g/mol. The minimum atomic E-state index is -0.855. The molecule has 5 heteroatoms. The van der Waals surface area contributed by atoms with Gasteiger partial charge in [0, 0.05) is 6.07 Å². The van der Waals surface area contributed by atoms with E-state index in [0.717, 1.165) is 4.47 Å². The van der Waals surface area contributed by atoms with Gasteiger partial charge in [0.2, 0.25) is 0 Å². The highest BCUT2D eigenvalue weighted by Gasteiger charge is 2.35. The van der Waals surface area contributed by atoms with Gasteiger partial charge in [-0.3, -0.25) is 4.79 Å². The third-order valence-electron chi connectivity index (χ3n) is 2.41. The van der Waals surface area contributed by atoms with Crippen LogP contribution in [0.25, 0.3) is 0 Å². The molecule has 0 aliphatic carbocycles. The van der Waals surface area contributed by atoms with Crippen LogP contribution in [0.4, 0.5) is 5.69 Å². The number of hydrogen-bond donors (Lipinski definition) is 1. The topological polar surface area (TPSA) is 47.6 Å². The summed E-state index contributed by atoms with van der Waals surface area (Å²) in [7, 11) is 1.58. The Kier molecular flexibility index (Phi) is 2.58. The van der Waals surface area contributed by atoms with Gasteiger partial charge >= 0.3 is 0 Å². The zero-order chi connectivity index (χ0) is 11.9. The van der Waals surface area contributed by atoms with E-state index in [9.17, 15) is 4.79 Å². The second-order valence-electron chi connectivity index (χ2n) is 4.05. The van der Waals surface area contributed by atoms with E-state index in [-0.39, 0.29) is 5.91 Å². The number of hydrogen-bond acceptors (Lipinski definition) is 3. The van der Waals surface area contributed by atoms with Gasteiger partial charge in [-0.2, -0.15) is 0 Å². The van der Waals surface area contributed by atoms with Crippen molar-refractivity contribution in [3.63, 3.8) is 0 Å². The third kappa shape index (κ3) is 1.75. The molecule has 0 saturated carbocycles. The summed E-state index contributed by atoms with van der Waals surface area (Å²) in [5, 5.41) is 2.79. The minimum Gasteiger partial charge on any atom is -0.495 e. The van der Waals surface area contributed by atoms with Gasteiger partial charge in [0.1, 0.15) is 11.5 Å². The van der Waals surface area contributed by atoms with E-state index in [4.69, 9.17) is 9.47 Å². The van der Waals surface area contributed by atoms with Crippen LogP contribution in [-0.4, -0.2) is 18.6 Å². The lowest BCUT2D eigenvalue weighted by Crippen LogP contribution is -2.45. The molecule has 1 aromatic carbocycles. The summed E-state index contributed by atoms with van der Waals surface area (Å²) >= 11 is 3.35. The zero-order valence-electron chi connectivity index (χ0n) is 9.26. The van der Waals surface area contributed by atoms with Crippen molar-refractivity contribution in [2.75, 3.05) is 12.4 Å². The molecule has 0 radical (unpaired) electrons. The van der Waals surface area contributed by atoms with E-state index >= 15 is 0 Å². The molecule has 0 spiro atoms. The van der Waals surface area contributed by atoms with Crippen LogP contribution >= 0.6 is 15.9 Å². The first kappa shape index (κ1) is 11.3. The van der Waals surface area contributed by atoms with E-state index in [1.807, 2.05) is 0 Å². The molecule has 1 aliphatic heterocycles. The lowest BCUT2D eigenvalue weighted by atomic mass is 10.1. The summed E-state index contributed by atoms with van der Waals surface area (Å²) in [6.07, 6.45) is 0. The van der Waals surface area contributed by atoms with Crippen molar-refractivity contribution in [1.29, 1.82) is 0 Å². The monoisotopic (exact) mass is 285 g/mol. The van der Waals surface area contributed by atoms with E-state index < -0.39 is 5.60 Å². The maximum Gasteiger partial charge on any atom is 0.268 e. The molecule has 86 valence electrons. The molecule has 1 aliphatic rings. The number of ether oxygens (including phenoxy) is 2. The summed E-state index contributed by atoms with van der Waals surface area (Å²) in [4.78, 5) is 11.7. The van der Waals surface area contributed by atoms with Crippen LogP contribution in [0, 0.1) is 0 Å². The smallest absolute Gasteiger partial charge is 0.268 e. The molecule has 0 fully saturated rings. The number of carbonyl (C=O) groups excluding carboxylic acids is 1. The van der Waals surface area contributed by atoms with E-state index in [1.54, 1.807) is 33.1 Å². The van der Waals surface area contributed by atoms with Crippen LogP contribution in [0.15, 0.2) is 16.6 Å². The molecule has 1 N–H and O–H groups in total. The number of methoxy groups -OCH3 is 1. The fraction of sp³-hybridized carbons (Fsp3) is 0.364. The molecular weight excluding hydrogens is 274 g/mol. The first-order chi connectivity index (χ1) is 7.44. The molecule has 0 aromatic heterocycles. The Bertz CT molecular complexity index is 457. The van der Waals surface area contributed by atoms with E-state index in [0.29, 0.717) is 17.2 Å². The molecule has 2 rings (SSSR count). The molecule has 4 nitrogen and oxygen atoms in total. The summed E-state index contributed by atoms with van der Waals surface area (Å²) < 4.78 is 11.6. The fourth-order valence-corrected chi connectivity index (χ4v) is 1.97. The van der Waals surface area contributed by atoms with Gasteiger partial charge in [-0.1, -0.05) is 0 Å². The van der Waals surface area contributed by atoms with Gasteiger partial charge in [-0.15, -0.1) is 0 Å². The largest absolute Gasteiger partial charge is 0.495 e. The van der Waals surface area contributed by atoms with Crippen LogP contribution in [0.1, 0.15) is 13.8 Å². The van der Waals surface area contributed by atoms with Crippen LogP contribution in [0.2, 0.25) is 0 Å². The van der Waals surface area contributed by atoms with Crippen LogP contribution in [-0.2, 0) is 4.79 Å². The van der Waals surface area contributed by atoms with E-state index in [1.165, 1.54) is 0 Å². The lowest BCUT2D eigenvalue weighted by molar-refractivity contribution is -0.129. The molecule has 0 saturated heterocycles. The van der Waals surface area contributed by atoms with Gasteiger partial charge in [0.15, 0.2) is 5.60 Å². The minimum absolute atomic E-state index is 0.155. The summed E-state index contributed by atoms with van der Waals surface area (Å²) in [6.45, 7) is 3.44. The van der Waals surface area contributed by atoms with Crippen molar-refractivity contribution < 1.29 is 14.3 Å².